The molecule has 22 heavy (non-hydrogen) atoms. The monoisotopic (exact) mass is 300 g/mol. The fourth-order valence-electron chi connectivity index (χ4n) is 2.81. The fourth-order valence-corrected chi connectivity index (χ4v) is 2.81. The van der Waals surface area contributed by atoms with E-state index in [1.54, 1.807) is 23.4 Å². The predicted molar refractivity (Wildman–Crippen MR) is 83.1 cm³/mol. The number of amides is 1. The van der Waals surface area contributed by atoms with E-state index in [0.29, 0.717) is 17.9 Å². The maximum absolute atomic E-state index is 13.0. The van der Waals surface area contributed by atoms with Crippen molar-refractivity contribution in [3.63, 3.8) is 0 Å². The van der Waals surface area contributed by atoms with Gasteiger partial charge in [0.25, 0.3) is 5.91 Å². The quantitative estimate of drug-likeness (QED) is 0.870. The van der Waals surface area contributed by atoms with Gasteiger partial charge in [0.1, 0.15) is 11.5 Å². The summed E-state index contributed by atoms with van der Waals surface area (Å²) in [4.78, 5) is 18.7. The minimum absolute atomic E-state index is 0.0592. The highest BCUT2D eigenvalue weighted by Gasteiger charge is 2.26. The maximum Gasteiger partial charge on any atom is 0.261 e. The van der Waals surface area contributed by atoms with E-state index in [-0.39, 0.29) is 12.0 Å². The molecule has 3 heterocycles. The van der Waals surface area contributed by atoms with Gasteiger partial charge in [0, 0.05) is 24.7 Å². The summed E-state index contributed by atoms with van der Waals surface area (Å²) in [6.07, 6.45) is 5.51. The Morgan fingerprint density at radius 3 is 2.73 bits per heavy atom. The van der Waals surface area contributed by atoms with E-state index in [1.807, 2.05) is 26.0 Å². The topological polar surface area (TPSA) is 55.6 Å². The van der Waals surface area contributed by atoms with Crippen LogP contribution in [0.3, 0.4) is 0 Å². The van der Waals surface area contributed by atoms with Gasteiger partial charge in [-0.15, -0.1) is 0 Å². The Morgan fingerprint density at radius 1 is 1.36 bits per heavy atom. The first kappa shape index (κ1) is 14.8. The van der Waals surface area contributed by atoms with Gasteiger partial charge in [-0.1, -0.05) is 0 Å². The number of pyridine rings is 1. The van der Waals surface area contributed by atoms with E-state index >= 15 is 0 Å². The van der Waals surface area contributed by atoms with Crippen molar-refractivity contribution in [1.29, 1.82) is 0 Å². The largest absolute Gasteiger partial charge is 0.466 e. The molecule has 5 heteroatoms. The molecule has 1 amide bonds. The number of hydrogen-bond acceptors (Lipinski definition) is 4. The first-order valence-corrected chi connectivity index (χ1v) is 7.55. The zero-order valence-electron chi connectivity index (χ0n) is 12.9. The van der Waals surface area contributed by atoms with Crippen LogP contribution < -0.4 is 4.90 Å². The van der Waals surface area contributed by atoms with Crippen molar-refractivity contribution in [3.05, 3.63) is 47.7 Å². The van der Waals surface area contributed by atoms with Crippen LogP contribution in [0.5, 0.6) is 0 Å². The molecule has 0 aliphatic carbocycles. The summed E-state index contributed by atoms with van der Waals surface area (Å²) in [5, 5.41) is 0. The maximum atomic E-state index is 13.0. The second kappa shape index (κ2) is 6.32. The number of carbonyl (C=O) groups excluding carboxylic acids is 1. The molecule has 0 bridgehead atoms. The van der Waals surface area contributed by atoms with Gasteiger partial charge in [-0.25, -0.2) is 0 Å². The average Bonchev–Trinajstić information content (AvgIpc) is 3.14. The van der Waals surface area contributed by atoms with Gasteiger partial charge >= 0.3 is 0 Å². The van der Waals surface area contributed by atoms with Gasteiger partial charge in [-0.05, 0) is 44.9 Å². The number of anilines is 1. The summed E-state index contributed by atoms with van der Waals surface area (Å²) in [7, 11) is 0. The zero-order chi connectivity index (χ0) is 15.5. The standard InChI is InChI=1S/C17H20N2O3/c1-12-10-16(13(2)22-12)17(20)19(11-15-4-3-9-21-15)14-5-7-18-8-6-14/h5-8,10,15H,3-4,9,11H2,1-2H3/t15-/m0/s1. The molecule has 1 atom stereocenters. The van der Waals surface area contributed by atoms with Gasteiger partial charge in [-0.2, -0.15) is 0 Å². The normalized spacial score (nSPS) is 17.6. The summed E-state index contributed by atoms with van der Waals surface area (Å²) in [5.41, 5.74) is 1.43. The zero-order valence-corrected chi connectivity index (χ0v) is 12.9. The Balaban J connectivity index is 1.90. The van der Waals surface area contributed by atoms with Crippen molar-refractivity contribution in [2.24, 2.45) is 0 Å². The Bertz CT molecular complexity index is 645. The Kier molecular flexibility index (Phi) is 4.24. The van der Waals surface area contributed by atoms with Crippen molar-refractivity contribution in [3.8, 4) is 0 Å². The van der Waals surface area contributed by atoms with Gasteiger partial charge in [-0.3, -0.25) is 9.78 Å². The van der Waals surface area contributed by atoms with Crippen LogP contribution in [0, 0.1) is 13.8 Å². The lowest BCUT2D eigenvalue weighted by molar-refractivity contribution is 0.0916. The van der Waals surface area contributed by atoms with Crippen molar-refractivity contribution < 1.29 is 13.9 Å². The number of aryl methyl sites for hydroxylation is 2. The molecule has 116 valence electrons. The minimum Gasteiger partial charge on any atom is -0.466 e. The Labute approximate surface area is 129 Å². The van der Waals surface area contributed by atoms with Crippen LogP contribution in [-0.4, -0.2) is 30.1 Å². The fraction of sp³-hybridized carbons (Fsp3) is 0.412. The highest BCUT2D eigenvalue weighted by atomic mass is 16.5. The summed E-state index contributed by atoms with van der Waals surface area (Å²) in [6, 6.07) is 5.48. The van der Waals surface area contributed by atoms with Crippen LogP contribution in [0.25, 0.3) is 0 Å². The van der Waals surface area contributed by atoms with Gasteiger partial charge in [0.2, 0.25) is 0 Å². The first-order valence-electron chi connectivity index (χ1n) is 7.55. The van der Waals surface area contributed by atoms with Crippen LogP contribution >= 0.6 is 0 Å². The van der Waals surface area contributed by atoms with Crippen LogP contribution in [0.15, 0.2) is 35.0 Å². The lowest BCUT2D eigenvalue weighted by Crippen LogP contribution is -2.37. The molecule has 1 aliphatic rings. The van der Waals surface area contributed by atoms with Gasteiger partial charge in [0.15, 0.2) is 0 Å². The molecule has 0 saturated carbocycles. The SMILES string of the molecule is Cc1cc(C(=O)N(C[C@@H]2CCCO2)c2ccncc2)c(C)o1. The summed E-state index contributed by atoms with van der Waals surface area (Å²) in [6.45, 7) is 4.98. The van der Waals surface area contributed by atoms with Crippen molar-refractivity contribution in [2.45, 2.75) is 32.8 Å². The first-order chi connectivity index (χ1) is 10.6. The summed E-state index contributed by atoms with van der Waals surface area (Å²) >= 11 is 0. The van der Waals surface area contributed by atoms with E-state index in [4.69, 9.17) is 9.15 Å². The number of ether oxygens (including phenoxy) is 1. The Morgan fingerprint density at radius 2 is 2.14 bits per heavy atom. The third kappa shape index (κ3) is 3.04. The van der Waals surface area contributed by atoms with E-state index in [1.165, 1.54) is 0 Å². The molecule has 0 N–H and O–H groups in total. The van der Waals surface area contributed by atoms with Crippen LogP contribution in [-0.2, 0) is 4.74 Å². The van der Waals surface area contributed by atoms with Gasteiger partial charge < -0.3 is 14.1 Å². The molecule has 2 aromatic heterocycles. The van der Waals surface area contributed by atoms with Crippen molar-refractivity contribution in [1.82, 2.24) is 4.98 Å². The number of rotatable bonds is 4. The van der Waals surface area contributed by atoms with E-state index < -0.39 is 0 Å². The Hall–Kier alpha value is -2.14. The van der Waals surface area contributed by atoms with Crippen LogP contribution in [0.4, 0.5) is 5.69 Å². The molecular weight excluding hydrogens is 280 g/mol. The molecule has 5 nitrogen and oxygen atoms in total. The third-order valence-corrected chi connectivity index (χ3v) is 3.90. The van der Waals surface area contributed by atoms with Crippen molar-refractivity contribution >= 4 is 11.6 Å². The molecule has 0 radical (unpaired) electrons. The van der Waals surface area contributed by atoms with Crippen molar-refractivity contribution in [2.75, 3.05) is 18.1 Å². The lowest BCUT2D eigenvalue weighted by Gasteiger charge is -2.25. The summed E-state index contributed by atoms with van der Waals surface area (Å²) in [5.74, 6) is 1.33. The highest BCUT2D eigenvalue weighted by molar-refractivity contribution is 6.06. The number of furan rings is 1. The average molecular weight is 300 g/mol. The molecule has 0 aromatic carbocycles. The number of hydrogen-bond donors (Lipinski definition) is 0. The highest BCUT2D eigenvalue weighted by Crippen LogP contribution is 2.23. The second-order valence-corrected chi connectivity index (χ2v) is 5.58. The molecular formula is C17H20N2O3. The van der Waals surface area contributed by atoms with Crippen LogP contribution in [0.2, 0.25) is 0 Å². The predicted octanol–water partition coefficient (Wildman–Crippen LogP) is 3.12. The van der Waals surface area contributed by atoms with E-state index in [0.717, 1.165) is 30.9 Å². The second-order valence-electron chi connectivity index (χ2n) is 5.58. The minimum atomic E-state index is -0.0592. The van der Waals surface area contributed by atoms with Crippen LogP contribution in [0.1, 0.15) is 34.7 Å². The number of aromatic nitrogens is 1. The van der Waals surface area contributed by atoms with E-state index in [9.17, 15) is 4.79 Å². The molecule has 3 rings (SSSR count). The summed E-state index contributed by atoms with van der Waals surface area (Å²) < 4.78 is 11.2. The molecule has 1 aliphatic heterocycles. The van der Waals surface area contributed by atoms with E-state index in [2.05, 4.69) is 4.98 Å². The number of carbonyl (C=O) groups is 1. The molecule has 2 aromatic rings. The van der Waals surface area contributed by atoms with Gasteiger partial charge in [0.05, 0.1) is 18.2 Å². The smallest absolute Gasteiger partial charge is 0.261 e. The third-order valence-electron chi connectivity index (χ3n) is 3.90. The number of nitrogens with zero attached hydrogens (tertiary/aromatic N) is 2. The molecule has 1 fully saturated rings. The lowest BCUT2D eigenvalue weighted by atomic mass is 10.1. The molecule has 0 unspecified atom stereocenters. The molecule has 0 spiro atoms. The molecule has 1 saturated heterocycles.